The van der Waals surface area contributed by atoms with Crippen LogP contribution in [0.3, 0.4) is 0 Å². The number of likely N-dealkylation sites (tertiary alicyclic amines) is 1. The van der Waals surface area contributed by atoms with E-state index in [1.54, 1.807) is 0 Å². The zero-order valence-electron chi connectivity index (χ0n) is 17.9. The second-order valence-electron chi connectivity index (χ2n) is 9.44. The van der Waals surface area contributed by atoms with Crippen LogP contribution >= 0.6 is 0 Å². The molecule has 0 aromatic heterocycles. The summed E-state index contributed by atoms with van der Waals surface area (Å²) in [6.45, 7) is 12.9. The lowest BCUT2D eigenvalue weighted by Crippen LogP contribution is -2.57. The van der Waals surface area contributed by atoms with Crippen molar-refractivity contribution >= 4 is 11.8 Å². The molecule has 2 amide bonds. The van der Waals surface area contributed by atoms with Crippen LogP contribution in [0.15, 0.2) is 30.3 Å². The Bertz CT molecular complexity index is 683. The molecule has 2 aliphatic heterocycles. The summed E-state index contributed by atoms with van der Waals surface area (Å²) in [5.74, 6) is 0.340. The van der Waals surface area contributed by atoms with Gasteiger partial charge in [0.2, 0.25) is 11.8 Å². The first-order chi connectivity index (χ1) is 13.3. The van der Waals surface area contributed by atoms with Gasteiger partial charge in [0.05, 0.1) is 5.92 Å². The maximum absolute atomic E-state index is 13.2. The van der Waals surface area contributed by atoms with Crippen LogP contribution in [0.4, 0.5) is 0 Å². The van der Waals surface area contributed by atoms with Crippen molar-refractivity contribution < 1.29 is 9.59 Å². The summed E-state index contributed by atoms with van der Waals surface area (Å²) in [4.78, 5) is 32.2. The maximum atomic E-state index is 13.2. The van der Waals surface area contributed by atoms with Crippen LogP contribution in [-0.2, 0) is 16.1 Å². The molecule has 2 unspecified atom stereocenters. The van der Waals surface area contributed by atoms with Gasteiger partial charge in [-0.15, -0.1) is 0 Å². The molecule has 0 bridgehead atoms. The summed E-state index contributed by atoms with van der Waals surface area (Å²) in [5, 5.41) is 0. The Morgan fingerprint density at radius 3 is 2.39 bits per heavy atom. The molecule has 2 heterocycles. The van der Waals surface area contributed by atoms with Gasteiger partial charge in [-0.2, -0.15) is 0 Å². The lowest BCUT2D eigenvalue weighted by Gasteiger charge is -2.43. The number of hydrogen-bond donors (Lipinski definition) is 0. The predicted molar refractivity (Wildman–Crippen MR) is 112 cm³/mol. The highest BCUT2D eigenvalue weighted by atomic mass is 16.2. The summed E-state index contributed by atoms with van der Waals surface area (Å²) in [5.41, 5.74) is 0.930. The SMILES string of the molecule is CC1CN(Cc2ccccc2)CCN1C(=O)C1CCCN(C(=O)C(C)(C)C)C1. The van der Waals surface area contributed by atoms with E-state index in [1.807, 2.05) is 31.7 Å². The average molecular weight is 386 g/mol. The van der Waals surface area contributed by atoms with Gasteiger partial charge >= 0.3 is 0 Å². The van der Waals surface area contributed by atoms with Gasteiger partial charge in [0, 0.05) is 50.7 Å². The number of hydrogen-bond acceptors (Lipinski definition) is 3. The Balaban J connectivity index is 1.56. The molecule has 5 heteroatoms. The van der Waals surface area contributed by atoms with Crippen molar-refractivity contribution in [3.8, 4) is 0 Å². The van der Waals surface area contributed by atoms with Crippen LogP contribution in [0.2, 0.25) is 0 Å². The molecule has 0 radical (unpaired) electrons. The number of piperidine rings is 1. The van der Waals surface area contributed by atoms with Gasteiger partial charge in [-0.25, -0.2) is 0 Å². The number of carbonyl (C=O) groups excluding carboxylic acids is 2. The van der Waals surface area contributed by atoms with Gasteiger partial charge in [0.25, 0.3) is 0 Å². The minimum absolute atomic E-state index is 0.0526. The first kappa shape index (κ1) is 20.8. The lowest BCUT2D eigenvalue weighted by molar-refractivity contribution is -0.147. The molecular formula is C23H35N3O2. The van der Waals surface area contributed by atoms with Crippen LogP contribution < -0.4 is 0 Å². The highest BCUT2D eigenvalue weighted by molar-refractivity contribution is 5.84. The first-order valence-electron chi connectivity index (χ1n) is 10.6. The Morgan fingerprint density at radius 2 is 1.75 bits per heavy atom. The van der Waals surface area contributed by atoms with Gasteiger partial charge in [0.1, 0.15) is 0 Å². The van der Waals surface area contributed by atoms with Crippen molar-refractivity contribution in [1.82, 2.24) is 14.7 Å². The molecule has 2 aliphatic rings. The van der Waals surface area contributed by atoms with Crippen molar-refractivity contribution in [2.24, 2.45) is 11.3 Å². The summed E-state index contributed by atoms with van der Waals surface area (Å²) in [6.07, 6.45) is 1.81. The van der Waals surface area contributed by atoms with Gasteiger partial charge < -0.3 is 9.80 Å². The Morgan fingerprint density at radius 1 is 1.04 bits per heavy atom. The molecule has 3 rings (SSSR count). The third-order valence-electron chi connectivity index (χ3n) is 5.94. The maximum Gasteiger partial charge on any atom is 0.227 e. The predicted octanol–water partition coefficient (Wildman–Crippen LogP) is 3.00. The van der Waals surface area contributed by atoms with E-state index >= 15 is 0 Å². The Labute approximate surface area is 169 Å². The van der Waals surface area contributed by atoms with Crippen molar-refractivity contribution in [3.05, 3.63) is 35.9 Å². The molecule has 0 N–H and O–H groups in total. The van der Waals surface area contributed by atoms with Crippen LogP contribution in [0.25, 0.3) is 0 Å². The van der Waals surface area contributed by atoms with Crippen molar-refractivity contribution in [3.63, 3.8) is 0 Å². The van der Waals surface area contributed by atoms with E-state index in [4.69, 9.17) is 0 Å². The largest absolute Gasteiger partial charge is 0.341 e. The molecule has 2 saturated heterocycles. The minimum atomic E-state index is -0.388. The highest BCUT2D eigenvalue weighted by Crippen LogP contribution is 2.26. The smallest absolute Gasteiger partial charge is 0.227 e. The van der Waals surface area contributed by atoms with Crippen LogP contribution in [0.5, 0.6) is 0 Å². The zero-order chi connectivity index (χ0) is 20.3. The van der Waals surface area contributed by atoms with Crippen LogP contribution in [0.1, 0.15) is 46.1 Å². The fourth-order valence-corrected chi connectivity index (χ4v) is 4.42. The van der Waals surface area contributed by atoms with E-state index in [1.165, 1.54) is 5.56 Å². The van der Waals surface area contributed by atoms with Gasteiger partial charge in [0.15, 0.2) is 0 Å². The number of carbonyl (C=O) groups is 2. The molecule has 0 aliphatic carbocycles. The molecule has 154 valence electrons. The Hall–Kier alpha value is -1.88. The standard InChI is InChI=1S/C23H35N3O2/c1-18-15-24(16-19-9-6-5-7-10-19)13-14-26(18)21(27)20-11-8-12-25(17-20)22(28)23(2,3)4/h5-7,9-10,18,20H,8,11-17H2,1-4H3. The molecule has 1 aromatic rings. The molecule has 28 heavy (non-hydrogen) atoms. The third kappa shape index (κ3) is 4.93. The number of nitrogens with zero attached hydrogens (tertiary/aromatic N) is 3. The minimum Gasteiger partial charge on any atom is -0.341 e. The van der Waals surface area contributed by atoms with Gasteiger partial charge in [-0.1, -0.05) is 51.1 Å². The molecule has 5 nitrogen and oxygen atoms in total. The second kappa shape index (κ2) is 8.64. The summed E-state index contributed by atoms with van der Waals surface area (Å²) in [7, 11) is 0. The molecule has 0 spiro atoms. The van der Waals surface area contributed by atoms with E-state index in [2.05, 4.69) is 41.0 Å². The van der Waals surface area contributed by atoms with Crippen LogP contribution in [-0.4, -0.2) is 65.3 Å². The fourth-order valence-electron chi connectivity index (χ4n) is 4.42. The summed E-state index contributed by atoms with van der Waals surface area (Å²) in [6, 6.07) is 10.7. The van der Waals surface area contributed by atoms with Crippen molar-refractivity contribution in [2.45, 2.75) is 53.1 Å². The number of piperazine rings is 1. The number of amides is 2. The topological polar surface area (TPSA) is 43.9 Å². The zero-order valence-corrected chi connectivity index (χ0v) is 17.9. The fraction of sp³-hybridized carbons (Fsp3) is 0.652. The normalized spacial score (nSPS) is 24.3. The Kier molecular flexibility index (Phi) is 6.43. The van der Waals surface area contributed by atoms with E-state index < -0.39 is 0 Å². The summed E-state index contributed by atoms with van der Waals surface area (Å²) < 4.78 is 0. The van der Waals surface area contributed by atoms with Crippen LogP contribution in [0, 0.1) is 11.3 Å². The van der Waals surface area contributed by atoms with E-state index in [0.29, 0.717) is 6.54 Å². The van der Waals surface area contributed by atoms with Crippen molar-refractivity contribution in [1.29, 1.82) is 0 Å². The lowest BCUT2D eigenvalue weighted by atomic mass is 9.90. The summed E-state index contributed by atoms with van der Waals surface area (Å²) >= 11 is 0. The number of rotatable bonds is 3. The molecule has 0 saturated carbocycles. The quantitative estimate of drug-likeness (QED) is 0.803. The third-order valence-corrected chi connectivity index (χ3v) is 5.94. The van der Waals surface area contributed by atoms with Crippen molar-refractivity contribution in [2.75, 3.05) is 32.7 Å². The molecule has 1 aromatic carbocycles. The number of benzene rings is 1. The first-order valence-corrected chi connectivity index (χ1v) is 10.6. The molecule has 2 fully saturated rings. The average Bonchev–Trinajstić information content (AvgIpc) is 2.67. The highest BCUT2D eigenvalue weighted by Gasteiger charge is 2.37. The van der Waals surface area contributed by atoms with E-state index in [0.717, 1.165) is 45.6 Å². The monoisotopic (exact) mass is 385 g/mol. The molecular weight excluding hydrogens is 350 g/mol. The molecule has 2 atom stereocenters. The van der Waals surface area contributed by atoms with Gasteiger partial charge in [-0.05, 0) is 25.3 Å². The van der Waals surface area contributed by atoms with E-state index in [-0.39, 0.29) is 29.2 Å². The second-order valence-corrected chi connectivity index (χ2v) is 9.44. The van der Waals surface area contributed by atoms with Gasteiger partial charge in [-0.3, -0.25) is 14.5 Å². The van der Waals surface area contributed by atoms with E-state index in [9.17, 15) is 9.59 Å².